The Labute approximate surface area is 122 Å². The van der Waals surface area contributed by atoms with E-state index in [4.69, 9.17) is 0 Å². The van der Waals surface area contributed by atoms with Crippen LogP contribution in [0, 0.1) is 5.41 Å². The van der Waals surface area contributed by atoms with E-state index in [9.17, 15) is 0 Å². The van der Waals surface area contributed by atoms with Gasteiger partial charge >= 0.3 is 0 Å². The van der Waals surface area contributed by atoms with Crippen LogP contribution in [0.4, 0.5) is 0 Å². The second-order valence-corrected chi connectivity index (χ2v) is 6.49. The van der Waals surface area contributed by atoms with Crippen molar-refractivity contribution >= 4 is 0 Å². The van der Waals surface area contributed by atoms with Gasteiger partial charge in [-0.2, -0.15) is 0 Å². The van der Waals surface area contributed by atoms with Crippen molar-refractivity contribution in [3.63, 3.8) is 0 Å². The molecule has 20 heavy (non-hydrogen) atoms. The highest BCUT2D eigenvalue weighted by atomic mass is 14.9. The number of hydrogen-bond acceptors (Lipinski definition) is 1. The summed E-state index contributed by atoms with van der Waals surface area (Å²) in [5, 5.41) is 3.78. The van der Waals surface area contributed by atoms with Crippen molar-refractivity contribution in [2.24, 2.45) is 5.41 Å². The van der Waals surface area contributed by atoms with Crippen LogP contribution < -0.4 is 5.32 Å². The Morgan fingerprint density at radius 3 is 2.50 bits per heavy atom. The van der Waals surface area contributed by atoms with E-state index in [-0.39, 0.29) is 0 Å². The zero-order valence-electron chi connectivity index (χ0n) is 12.4. The Hall–Kier alpha value is -1.60. The molecule has 1 atom stereocenters. The van der Waals surface area contributed by atoms with Crippen LogP contribution in [-0.2, 0) is 12.8 Å². The van der Waals surface area contributed by atoms with Crippen LogP contribution in [0.25, 0.3) is 0 Å². The first-order valence-corrected chi connectivity index (χ1v) is 7.52. The summed E-state index contributed by atoms with van der Waals surface area (Å²) in [6, 6.07) is 20.1. The zero-order valence-corrected chi connectivity index (χ0v) is 12.4. The number of rotatable bonds is 4. The molecular formula is C19H23N. The Morgan fingerprint density at radius 1 is 1.00 bits per heavy atom. The molecule has 0 aromatic heterocycles. The molecule has 0 radical (unpaired) electrons. The largest absolute Gasteiger partial charge is 0.309 e. The highest BCUT2D eigenvalue weighted by molar-refractivity contribution is 5.37. The number of hydrogen-bond donors (Lipinski definition) is 1. The van der Waals surface area contributed by atoms with Gasteiger partial charge in [0.15, 0.2) is 0 Å². The summed E-state index contributed by atoms with van der Waals surface area (Å²) in [6.07, 6.45) is 2.27. The molecule has 1 aliphatic rings. The first-order chi connectivity index (χ1) is 9.67. The lowest BCUT2D eigenvalue weighted by Gasteiger charge is -2.28. The zero-order chi connectivity index (χ0) is 14.0. The van der Waals surface area contributed by atoms with Gasteiger partial charge < -0.3 is 5.32 Å². The van der Waals surface area contributed by atoms with Gasteiger partial charge in [-0.3, -0.25) is 0 Å². The van der Waals surface area contributed by atoms with Crippen LogP contribution in [-0.4, -0.2) is 6.54 Å². The fraction of sp³-hybridized carbons (Fsp3) is 0.368. The molecule has 1 heteroatoms. The average molecular weight is 265 g/mol. The van der Waals surface area contributed by atoms with Crippen LogP contribution in [0.3, 0.4) is 0 Å². The lowest BCUT2D eigenvalue weighted by molar-refractivity contribution is 0.271. The first kappa shape index (κ1) is 13.4. The standard InChI is InChI=1S/C19H23N/c1-19(2)14-16-10-6-7-11-17(16)18(19)20-13-12-15-8-4-3-5-9-15/h3-11,18,20H,12-14H2,1-2H3. The molecule has 2 aromatic carbocycles. The third-order valence-corrected chi connectivity index (χ3v) is 4.40. The SMILES string of the molecule is CC1(C)Cc2ccccc2C1NCCc1ccccc1. The Morgan fingerprint density at radius 2 is 1.70 bits per heavy atom. The van der Waals surface area contributed by atoms with Gasteiger partial charge in [0.25, 0.3) is 0 Å². The molecular weight excluding hydrogens is 242 g/mol. The van der Waals surface area contributed by atoms with E-state index in [1.165, 1.54) is 23.1 Å². The van der Waals surface area contributed by atoms with Gasteiger partial charge in [-0.05, 0) is 41.5 Å². The molecule has 0 saturated heterocycles. The van der Waals surface area contributed by atoms with E-state index in [0.29, 0.717) is 11.5 Å². The van der Waals surface area contributed by atoms with Gasteiger partial charge in [0, 0.05) is 6.04 Å². The van der Waals surface area contributed by atoms with Gasteiger partial charge in [-0.15, -0.1) is 0 Å². The van der Waals surface area contributed by atoms with Crippen molar-refractivity contribution in [1.29, 1.82) is 0 Å². The maximum atomic E-state index is 3.78. The predicted molar refractivity (Wildman–Crippen MR) is 84.8 cm³/mol. The normalized spacial score (nSPS) is 19.8. The first-order valence-electron chi connectivity index (χ1n) is 7.52. The maximum Gasteiger partial charge on any atom is 0.0377 e. The number of nitrogens with one attached hydrogen (secondary N) is 1. The summed E-state index contributed by atoms with van der Waals surface area (Å²) in [5.41, 5.74) is 4.71. The molecule has 1 unspecified atom stereocenters. The fourth-order valence-electron chi connectivity index (χ4n) is 3.38. The van der Waals surface area contributed by atoms with Crippen molar-refractivity contribution in [3.05, 3.63) is 71.3 Å². The van der Waals surface area contributed by atoms with Crippen LogP contribution in [0.2, 0.25) is 0 Å². The van der Waals surface area contributed by atoms with E-state index in [1.54, 1.807) is 0 Å². The summed E-state index contributed by atoms with van der Waals surface area (Å²) in [7, 11) is 0. The molecule has 2 aromatic rings. The quantitative estimate of drug-likeness (QED) is 0.876. The third-order valence-electron chi connectivity index (χ3n) is 4.40. The van der Waals surface area contributed by atoms with Crippen molar-refractivity contribution in [2.45, 2.75) is 32.7 Å². The lowest BCUT2D eigenvalue weighted by atomic mass is 9.85. The van der Waals surface area contributed by atoms with Gasteiger partial charge in [-0.1, -0.05) is 68.4 Å². The van der Waals surface area contributed by atoms with E-state index in [2.05, 4.69) is 73.8 Å². The molecule has 0 heterocycles. The molecule has 1 nitrogen and oxygen atoms in total. The van der Waals surface area contributed by atoms with E-state index >= 15 is 0 Å². The third kappa shape index (κ3) is 2.64. The van der Waals surface area contributed by atoms with Gasteiger partial charge in [-0.25, -0.2) is 0 Å². The lowest BCUT2D eigenvalue weighted by Crippen LogP contribution is -2.32. The maximum absolute atomic E-state index is 3.78. The number of benzene rings is 2. The second-order valence-electron chi connectivity index (χ2n) is 6.49. The van der Waals surface area contributed by atoms with Crippen molar-refractivity contribution in [2.75, 3.05) is 6.54 Å². The van der Waals surface area contributed by atoms with Gasteiger partial charge in [0.1, 0.15) is 0 Å². The molecule has 0 aliphatic heterocycles. The minimum absolute atomic E-state index is 0.306. The van der Waals surface area contributed by atoms with Crippen molar-refractivity contribution in [3.8, 4) is 0 Å². The topological polar surface area (TPSA) is 12.0 Å². The van der Waals surface area contributed by atoms with Crippen LogP contribution in [0.1, 0.15) is 36.6 Å². The fourth-order valence-corrected chi connectivity index (χ4v) is 3.38. The molecule has 0 saturated carbocycles. The van der Waals surface area contributed by atoms with Gasteiger partial charge in [0.2, 0.25) is 0 Å². The molecule has 3 rings (SSSR count). The molecule has 1 N–H and O–H groups in total. The monoisotopic (exact) mass is 265 g/mol. The summed E-state index contributed by atoms with van der Waals surface area (Å²) < 4.78 is 0. The molecule has 104 valence electrons. The van der Waals surface area contributed by atoms with Crippen LogP contribution in [0.5, 0.6) is 0 Å². The summed E-state index contributed by atoms with van der Waals surface area (Å²) in [4.78, 5) is 0. The van der Waals surface area contributed by atoms with E-state index < -0.39 is 0 Å². The predicted octanol–water partition coefficient (Wildman–Crippen LogP) is 4.14. The Bertz CT molecular complexity index is 571. The van der Waals surface area contributed by atoms with E-state index in [1.807, 2.05) is 0 Å². The Kier molecular flexibility index (Phi) is 3.62. The van der Waals surface area contributed by atoms with Crippen LogP contribution in [0.15, 0.2) is 54.6 Å². The highest BCUT2D eigenvalue weighted by Crippen LogP contribution is 2.44. The average Bonchev–Trinajstić information content (AvgIpc) is 2.71. The minimum atomic E-state index is 0.306. The summed E-state index contributed by atoms with van der Waals surface area (Å²) in [5.74, 6) is 0. The molecule has 0 amide bonds. The smallest absolute Gasteiger partial charge is 0.0377 e. The van der Waals surface area contributed by atoms with Gasteiger partial charge in [0.05, 0.1) is 0 Å². The van der Waals surface area contributed by atoms with E-state index in [0.717, 1.165) is 13.0 Å². The number of fused-ring (bicyclic) bond motifs is 1. The summed E-state index contributed by atoms with van der Waals surface area (Å²) in [6.45, 7) is 5.77. The molecule has 0 fully saturated rings. The summed E-state index contributed by atoms with van der Waals surface area (Å²) >= 11 is 0. The minimum Gasteiger partial charge on any atom is -0.309 e. The molecule has 1 aliphatic carbocycles. The van der Waals surface area contributed by atoms with Crippen LogP contribution >= 0.6 is 0 Å². The highest BCUT2D eigenvalue weighted by Gasteiger charge is 2.37. The molecule has 0 bridgehead atoms. The molecule has 0 spiro atoms. The van der Waals surface area contributed by atoms with Crippen molar-refractivity contribution in [1.82, 2.24) is 5.32 Å². The Balaban J connectivity index is 1.67. The van der Waals surface area contributed by atoms with Crippen molar-refractivity contribution < 1.29 is 0 Å². The second kappa shape index (κ2) is 5.41.